The number of aliphatic hydroxyl groups is 1. The molecule has 0 unspecified atom stereocenters. The molecule has 0 amide bonds. The van der Waals surface area contributed by atoms with Gasteiger partial charge in [-0.15, -0.1) is 0 Å². The number of carbonyl (C=O) groups is 1. The first-order valence-corrected chi connectivity index (χ1v) is 19.7. The Morgan fingerprint density at radius 2 is 1.61 bits per heavy atom. The van der Waals surface area contributed by atoms with E-state index in [4.69, 9.17) is 33.9 Å². The van der Waals surface area contributed by atoms with Crippen LogP contribution >= 0.6 is 0 Å². The number of hydrogen-bond acceptors (Lipinski definition) is 10. The number of para-hydroxylation sites is 1. The van der Waals surface area contributed by atoms with Gasteiger partial charge in [0.2, 0.25) is 0 Å². The molecule has 5 heterocycles. The van der Waals surface area contributed by atoms with Gasteiger partial charge in [0.1, 0.15) is 18.1 Å². The maximum absolute atomic E-state index is 11.8. The summed E-state index contributed by atoms with van der Waals surface area (Å²) in [6.07, 6.45) is 7.67. The van der Waals surface area contributed by atoms with E-state index in [-0.39, 0.29) is 24.0 Å². The van der Waals surface area contributed by atoms with Crippen LogP contribution in [0.1, 0.15) is 65.9 Å². The van der Waals surface area contributed by atoms with Gasteiger partial charge in [0.05, 0.1) is 78.4 Å². The summed E-state index contributed by atoms with van der Waals surface area (Å²) in [5.74, 6) is 6.77. The van der Waals surface area contributed by atoms with E-state index in [1.54, 1.807) is 7.11 Å². The van der Waals surface area contributed by atoms with Crippen LogP contribution in [0.2, 0.25) is 0 Å². The predicted molar refractivity (Wildman–Crippen MR) is 221 cm³/mol. The van der Waals surface area contributed by atoms with Crippen molar-refractivity contribution in [3.05, 3.63) is 121 Å². The number of carboxylic acids is 1. The van der Waals surface area contributed by atoms with Crippen molar-refractivity contribution in [3.8, 4) is 17.6 Å². The number of nitrogens with one attached hydrogen (secondary N) is 1. The Morgan fingerprint density at radius 1 is 0.895 bits per heavy atom. The molecule has 3 N–H and O–H groups in total. The smallest absolute Gasteiger partial charge is 0.303 e. The van der Waals surface area contributed by atoms with E-state index < -0.39 is 5.97 Å². The molecular formula is C46H50N4O7. The number of allylic oxidation sites excluding steroid dienone is 12. The molecule has 0 saturated carbocycles. The molecule has 2 atom stereocenters. The first-order chi connectivity index (χ1) is 27.6. The molecule has 11 heteroatoms. The van der Waals surface area contributed by atoms with Crippen LogP contribution in [0.15, 0.2) is 131 Å². The van der Waals surface area contributed by atoms with E-state index in [2.05, 4.69) is 44.0 Å². The van der Waals surface area contributed by atoms with E-state index in [0.717, 1.165) is 90.9 Å². The molecule has 57 heavy (non-hydrogen) atoms. The molecule has 5 aliphatic heterocycles. The Morgan fingerprint density at radius 3 is 2.37 bits per heavy atom. The number of rotatable bonds is 14. The molecule has 296 valence electrons. The number of methoxy groups -OCH3 is 1. The quantitative estimate of drug-likeness (QED) is 0.130. The summed E-state index contributed by atoms with van der Waals surface area (Å²) in [6, 6.07) is 7.71. The molecular weight excluding hydrogens is 721 g/mol. The van der Waals surface area contributed by atoms with Crippen molar-refractivity contribution in [1.29, 1.82) is 0 Å². The lowest BCUT2D eigenvalue weighted by molar-refractivity contribution is -0.137. The van der Waals surface area contributed by atoms with Crippen LogP contribution in [0.3, 0.4) is 0 Å². The second-order valence-electron chi connectivity index (χ2n) is 14.7. The van der Waals surface area contributed by atoms with Crippen molar-refractivity contribution in [2.45, 2.75) is 60.3 Å². The van der Waals surface area contributed by atoms with Crippen LogP contribution in [0, 0.1) is 23.7 Å². The summed E-state index contributed by atoms with van der Waals surface area (Å²) in [4.78, 5) is 27.3. The van der Waals surface area contributed by atoms with Gasteiger partial charge in [-0.25, -0.2) is 15.0 Å². The lowest BCUT2D eigenvalue weighted by Gasteiger charge is -2.17. The Balaban J connectivity index is 1.27. The first-order valence-electron chi connectivity index (χ1n) is 19.7. The highest BCUT2D eigenvalue weighted by molar-refractivity contribution is 6.21. The summed E-state index contributed by atoms with van der Waals surface area (Å²) in [5, 5.41) is 24.7. The van der Waals surface area contributed by atoms with Crippen molar-refractivity contribution in [2.24, 2.45) is 26.8 Å². The SMILES string of the molecule is CCC1=C(C)C2=NC1=CC1=C(C)C3=C(O)CC(=C4NC(=CC5=NC(=C2)C(C#Cc2ccccc2OCCOCCOCCOC)=C5C)[C@@H](C)[C@@H]4CCC(=O)O)C3=N1. The average Bonchev–Trinajstić information content (AvgIpc) is 3.95. The van der Waals surface area contributed by atoms with Crippen LogP contribution in [-0.4, -0.2) is 80.1 Å². The van der Waals surface area contributed by atoms with Crippen LogP contribution in [0.5, 0.6) is 5.75 Å². The number of ether oxygens (including phenoxy) is 4. The van der Waals surface area contributed by atoms with Gasteiger partial charge >= 0.3 is 5.97 Å². The molecule has 8 bridgehead atoms. The molecule has 11 nitrogen and oxygen atoms in total. The zero-order valence-corrected chi connectivity index (χ0v) is 33.5. The molecule has 0 aromatic heterocycles. The Bertz CT molecular complexity index is 2300. The topological polar surface area (TPSA) is 144 Å². The number of aliphatic carboxylic acids is 1. The van der Waals surface area contributed by atoms with Crippen LogP contribution in [0.4, 0.5) is 0 Å². The Kier molecular flexibility index (Phi) is 12.0. The number of carboxylic acid groups (broad SMARTS) is 1. The summed E-state index contributed by atoms with van der Waals surface area (Å²) in [6.45, 7) is 13.2. The first kappa shape index (κ1) is 39.7. The molecule has 1 aliphatic carbocycles. The van der Waals surface area contributed by atoms with E-state index in [9.17, 15) is 15.0 Å². The highest BCUT2D eigenvalue weighted by Crippen LogP contribution is 2.46. The number of hydrogen-bond donors (Lipinski definition) is 3. The summed E-state index contributed by atoms with van der Waals surface area (Å²) >= 11 is 0. The number of benzene rings is 1. The third-order valence-electron chi connectivity index (χ3n) is 11.2. The number of aliphatic imine (C=N–C) groups is 3. The number of aliphatic hydroxyl groups excluding tert-OH is 1. The van der Waals surface area contributed by atoms with E-state index in [1.165, 1.54) is 0 Å². The van der Waals surface area contributed by atoms with Crippen LogP contribution in [0.25, 0.3) is 0 Å². The third kappa shape index (κ3) is 8.17. The number of nitrogens with zero attached hydrogens (tertiary/aromatic N) is 3. The zero-order chi connectivity index (χ0) is 40.2. The molecule has 1 saturated heterocycles. The minimum absolute atomic E-state index is 0.0225. The molecule has 6 aliphatic rings. The van der Waals surface area contributed by atoms with Crippen molar-refractivity contribution in [2.75, 3.05) is 46.8 Å². The van der Waals surface area contributed by atoms with E-state index in [1.807, 2.05) is 50.3 Å². The Hall–Kier alpha value is -5.54. The second-order valence-corrected chi connectivity index (χ2v) is 14.7. The van der Waals surface area contributed by atoms with E-state index >= 15 is 0 Å². The highest BCUT2D eigenvalue weighted by atomic mass is 16.6. The van der Waals surface area contributed by atoms with Gasteiger partial charge < -0.3 is 34.5 Å². The average molecular weight is 771 g/mol. The third-order valence-corrected chi connectivity index (χ3v) is 11.2. The van der Waals surface area contributed by atoms with Crippen LogP contribution < -0.4 is 10.1 Å². The summed E-state index contributed by atoms with van der Waals surface area (Å²) in [7, 11) is 1.64. The number of fused-ring (bicyclic) bond motifs is 5. The largest absolute Gasteiger partial charge is 0.511 e. The van der Waals surface area contributed by atoms with E-state index in [0.29, 0.717) is 63.9 Å². The monoisotopic (exact) mass is 770 g/mol. The Labute approximate surface area is 334 Å². The van der Waals surface area contributed by atoms with Gasteiger partial charge in [0.25, 0.3) is 0 Å². The lowest BCUT2D eigenvalue weighted by atomic mass is 9.86. The molecule has 1 aromatic rings. The molecule has 0 radical (unpaired) electrons. The fraction of sp³-hybridized carbons (Fsp3) is 0.391. The van der Waals surface area contributed by atoms with Gasteiger partial charge in [-0.05, 0) is 86.3 Å². The van der Waals surface area contributed by atoms with Crippen molar-refractivity contribution >= 4 is 23.1 Å². The second kappa shape index (κ2) is 17.3. The maximum Gasteiger partial charge on any atom is 0.303 e. The molecule has 1 fully saturated rings. The lowest BCUT2D eigenvalue weighted by Crippen LogP contribution is -2.15. The minimum Gasteiger partial charge on any atom is -0.511 e. The van der Waals surface area contributed by atoms with Gasteiger partial charge in [-0.2, -0.15) is 0 Å². The summed E-state index contributed by atoms with van der Waals surface area (Å²) in [5.41, 5.74) is 13.7. The fourth-order valence-electron chi connectivity index (χ4n) is 8.04. The molecule has 7 rings (SSSR count). The van der Waals surface area contributed by atoms with Crippen molar-refractivity contribution < 1.29 is 34.0 Å². The van der Waals surface area contributed by atoms with Crippen LogP contribution in [-0.2, 0) is 19.0 Å². The summed E-state index contributed by atoms with van der Waals surface area (Å²) < 4.78 is 22.2. The van der Waals surface area contributed by atoms with Crippen molar-refractivity contribution in [1.82, 2.24) is 5.32 Å². The van der Waals surface area contributed by atoms with Gasteiger partial charge in [0, 0.05) is 54.3 Å². The van der Waals surface area contributed by atoms with Gasteiger partial charge in [-0.1, -0.05) is 37.8 Å². The van der Waals surface area contributed by atoms with Gasteiger partial charge in [-0.3, -0.25) is 4.79 Å². The fourth-order valence-corrected chi connectivity index (χ4v) is 8.04. The molecule has 0 spiro atoms. The van der Waals surface area contributed by atoms with Gasteiger partial charge in [0.15, 0.2) is 0 Å². The maximum atomic E-state index is 11.8. The highest BCUT2D eigenvalue weighted by Gasteiger charge is 2.41. The zero-order valence-electron chi connectivity index (χ0n) is 33.5. The minimum atomic E-state index is -0.844. The standard InChI is InChI=1S/C46H50N4O7/c1-7-31-26(2)36-24-40-32(13-12-30-10-8-9-11-42(30)57-21-20-56-19-18-55-17-16-54-6)27(3)35(48-40)23-37-28(4)33(14-15-43(52)53)45(49-37)34-22-41(51)44-29(5)38(50-46(34)44)25-39(31)47-36/h8-11,23-25,28,33,49,51H,7,14-22H2,1-6H3,(H,52,53)/t28-,33-/m0/s1. The molecule has 1 aromatic carbocycles. The van der Waals surface area contributed by atoms with Crippen molar-refractivity contribution in [3.63, 3.8) is 0 Å². The predicted octanol–water partition coefficient (Wildman–Crippen LogP) is 7.63. The normalized spacial score (nSPS) is 21.0.